The van der Waals surface area contributed by atoms with Crippen molar-refractivity contribution in [1.82, 2.24) is 4.98 Å². The summed E-state index contributed by atoms with van der Waals surface area (Å²) in [5.74, 6) is 0.845. The molecule has 0 aliphatic carbocycles. The monoisotopic (exact) mass is 236 g/mol. The highest BCUT2D eigenvalue weighted by molar-refractivity contribution is 5.47. The molecule has 0 saturated carbocycles. The standard InChI is InChI=1S/C13H20N2O2/c1-10(16)12-6-3-7-14-13(12)15(2)9-11-5-4-8-17-11/h3,6-7,10-11,16H,4-5,8-9H2,1-2H3/t10-,11?/m1/s1. The average molecular weight is 236 g/mol. The number of aliphatic hydroxyl groups is 1. The minimum absolute atomic E-state index is 0.295. The Bertz CT molecular complexity index is 362. The van der Waals surface area contributed by atoms with E-state index in [1.54, 1.807) is 13.1 Å². The number of hydrogen-bond donors (Lipinski definition) is 1. The van der Waals surface area contributed by atoms with Gasteiger partial charge in [-0.2, -0.15) is 0 Å². The van der Waals surface area contributed by atoms with Crippen molar-refractivity contribution in [2.75, 3.05) is 25.1 Å². The number of aliphatic hydroxyl groups excluding tert-OH is 1. The molecule has 94 valence electrons. The molecule has 2 rings (SSSR count). The van der Waals surface area contributed by atoms with Crippen molar-refractivity contribution in [1.29, 1.82) is 0 Å². The second-order valence-corrected chi connectivity index (χ2v) is 4.61. The van der Waals surface area contributed by atoms with Crippen LogP contribution in [0.5, 0.6) is 0 Å². The van der Waals surface area contributed by atoms with Gasteiger partial charge in [0.05, 0.1) is 12.2 Å². The quantitative estimate of drug-likeness (QED) is 0.865. The molecule has 1 unspecified atom stereocenters. The third-order valence-electron chi connectivity index (χ3n) is 3.13. The van der Waals surface area contributed by atoms with Gasteiger partial charge in [-0.05, 0) is 25.8 Å². The number of nitrogens with zero attached hydrogens (tertiary/aromatic N) is 2. The van der Waals surface area contributed by atoms with Crippen LogP contribution in [0.25, 0.3) is 0 Å². The van der Waals surface area contributed by atoms with Crippen LogP contribution >= 0.6 is 0 Å². The van der Waals surface area contributed by atoms with Crippen LogP contribution in [0.15, 0.2) is 18.3 Å². The van der Waals surface area contributed by atoms with E-state index < -0.39 is 6.10 Å². The van der Waals surface area contributed by atoms with Gasteiger partial charge in [0.2, 0.25) is 0 Å². The van der Waals surface area contributed by atoms with Gasteiger partial charge in [-0.25, -0.2) is 4.98 Å². The predicted octanol–water partition coefficient (Wildman–Crippen LogP) is 1.75. The molecule has 0 bridgehead atoms. The maximum absolute atomic E-state index is 9.72. The Kier molecular flexibility index (Phi) is 3.97. The summed E-state index contributed by atoms with van der Waals surface area (Å²) in [5.41, 5.74) is 0.869. The zero-order chi connectivity index (χ0) is 12.3. The highest BCUT2D eigenvalue weighted by Gasteiger charge is 2.20. The molecular weight excluding hydrogens is 216 g/mol. The summed E-state index contributed by atoms with van der Waals surface area (Å²) in [6.45, 7) is 3.46. The minimum Gasteiger partial charge on any atom is -0.389 e. The molecule has 0 radical (unpaired) electrons. The van der Waals surface area contributed by atoms with E-state index in [9.17, 15) is 5.11 Å². The van der Waals surface area contributed by atoms with Crippen molar-refractivity contribution in [3.63, 3.8) is 0 Å². The third-order valence-corrected chi connectivity index (χ3v) is 3.13. The van der Waals surface area contributed by atoms with Crippen LogP contribution in [0.2, 0.25) is 0 Å². The molecule has 1 aliphatic heterocycles. The first-order valence-corrected chi connectivity index (χ1v) is 6.14. The lowest BCUT2D eigenvalue weighted by molar-refractivity contribution is 0.116. The van der Waals surface area contributed by atoms with Crippen molar-refractivity contribution in [2.45, 2.75) is 32.0 Å². The normalized spacial score (nSPS) is 21.5. The highest BCUT2D eigenvalue weighted by Crippen LogP contribution is 2.24. The van der Waals surface area contributed by atoms with Crippen LogP contribution in [-0.4, -0.2) is 36.4 Å². The maximum atomic E-state index is 9.72. The van der Waals surface area contributed by atoms with Crippen LogP contribution in [0, 0.1) is 0 Å². The summed E-state index contributed by atoms with van der Waals surface area (Å²) in [6.07, 6.45) is 3.81. The molecule has 4 heteroatoms. The SMILES string of the molecule is C[C@@H](O)c1cccnc1N(C)CC1CCCO1. The minimum atomic E-state index is -0.495. The van der Waals surface area contributed by atoms with E-state index in [2.05, 4.69) is 9.88 Å². The lowest BCUT2D eigenvalue weighted by Gasteiger charge is -2.24. The molecule has 1 aromatic rings. The summed E-state index contributed by atoms with van der Waals surface area (Å²) < 4.78 is 5.61. The Labute approximate surface area is 102 Å². The Morgan fingerprint density at radius 1 is 1.65 bits per heavy atom. The van der Waals surface area contributed by atoms with Crippen molar-refractivity contribution in [3.8, 4) is 0 Å². The topological polar surface area (TPSA) is 45.6 Å². The molecule has 1 N–H and O–H groups in total. The van der Waals surface area contributed by atoms with Crippen molar-refractivity contribution in [2.24, 2.45) is 0 Å². The van der Waals surface area contributed by atoms with Gasteiger partial charge in [-0.15, -0.1) is 0 Å². The number of hydrogen-bond acceptors (Lipinski definition) is 4. The molecule has 1 aliphatic rings. The number of pyridine rings is 1. The van der Waals surface area contributed by atoms with E-state index in [1.165, 1.54) is 0 Å². The third kappa shape index (κ3) is 2.96. The van der Waals surface area contributed by atoms with Gasteiger partial charge in [0.25, 0.3) is 0 Å². The van der Waals surface area contributed by atoms with Crippen LogP contribution in [-0.2, 0) is 4.74 Å². The first-order valence-electron chi connectivity index (χ1n) is 6.14. The van der Waals surface area contributed by atoms with Crippen LogP contribution in [0.1, 0.15) is 31.4 Å². The average Bonchev–Trinajstić information content (AvgIpc) is 2.81. The summed E-state index contributed by atoms with van der Waals surface area (Å²) >= 11 is 0. The Morgan fingerprint density at radius 3 is 3.12 bits per heavy atom. The summed E-state index contributed by atoms with van der Waals surface area (Å²) in [5, 5.41) is 9.72. The van der Waals surface area contributed by atoms with E-state index in [0.29, 0.717) is 6.10 Å². The van der Waals surface area contributed by atoms with Gasteiger partial charge in [0.1, 0.15) is 5.82 Å². The molecule has 1 saturated heterocycles. The van der Waals surface area contributed by atoms with Crippen LogP contribution < -0.4 is 4.90 Å². The van der Waals surface area contributed by atoms with E-state index >= 15 is 0 Å². The summed E-state index contributed by atoms with van der Waals surface area (Å²) in [4.78, 5) is 6.42. The largest absolute Gasteiger partial charge is 0.389 e. The van der Waals surface area contributed by atoms with Gasteiger partial charge in [0, 0.05) is 32.0 Å². The molecule has 2 heterocycles. The lowest BCUT2D eigenvalue weighted by atomic mass is 10.1. The molecular formula is C13H20N2O2. The zero-order valence-corrected chi connectivity index (χ0v) is 10.5. The number of aromatic nitrogens is 1. The predicted molar refractivity (Wildman–Crippen MR) is 67.1 cm³/mol. The van der Waals surface area contributed by atoms with Crippen molar-refractivity contribution in [3.05, 3.63) is 23.9 Å². The van der Waals surface area contributed by atoms with E-state index in [4.69, 9.17) is 4.74 Å². The molecule has 1 aromatic heterocycles. The van der Waals surface area contributed by atoms with Crippen LogP contribution in [0.3, 0.4) is 0 Å². The maximum Gasteiger partial charge on any atom is 0.134 e. The molecule has 0 aromatic carbocycles. The molecule has 17 heavy (non-hydrogen) atoms. The number of ether oxygens (including phenoxy) is 1. The number of anilines is 1. The number of likely N-dealkylation sites (N-methyl/N-ethyl adjacent to an activating group) is 1. The zero-order valence-electron chi connectivity index (χ0n) is 10.5. The lowest BCUT2D eigenvalue weighted by Crippen LogP contribution is -2.30. The summed E-state index contributed by atoms with van der Waals surface area (Å²) in [7, 11) is 2.00. The molecule has 4 nitrogen and oxygen atoms in total. The second kappa shape index (κ2) is 5.47. The highest BCUT2D eigenvalue weighted by atomic mass is 16.5. The first-order chi connectivity index (χ1) is 8.18. The van der Waals surface area contributed by atoms with E-state index in [-0.39, 0.29) is 0 Å². The van der Waals surface area contributed by atoms with E-state index in [1.807, 2.05) is 19.2 Å². The first kappa shape index (κ1) is 12.3. The Balaban J connectivity index is 2.09. The molecule has 2 atom stereocenters. The van der Waals surface area contributed by atoms with E-state index in [0.717, 1.165) is 37.4 Å². The molecule has 1 fully saturated rings. The van der Waals surface area contributed by atoms with Gasteiger partial charge >= 0.3 is 0 Å². The smallest absolute Gasteiger partial charge is 0.134 e. The second-order valence-electron chi connectivity index (χ2n) is 4.61. The summed E-state index contributed by atoms with van der Waals surface area (Å²) in [6, 6.07) is 3.77. The van der Waals surface area contributed by atoms with Crippen molar-refractivity contribution >= 4 is 5.82 Å². The van der Waals surface area contributed by atoms with Crippen LogP contribution in [0.4, 0.5) is 5.82 Å². The van der Waals surface area contributed by atoms with Crippen molar-refractivity contribution < 1.29 is 9.84 Å². The Hall–Kier alpha value is -1.13. The molecule has 0 spiro atoms. The van der Waals surface area contributed by atoms with Gasteiger partial charge < -0.3 is 14.7 Å². The van der Waals surface area contributed by atoms with Gasteiger partial charge in [-0.1, -0.05) is 6.07 Å². The fraction of sp³-hybridized carbons (Fsp3) is 0.615. The van der Waals surface area contributed by atoms with Gasteiger partial charge in [0.15, 0.2) is 0 Å². The number of rotatable bonds is 4. The molecule has 0 amide bonds. The Morgan fingerprint density at radius 2 is 2.47 bits per heavy atom. The fourth-order valence-corrected chi connectivity index (χ4v) is 2.23. The van der Waals surface area contributed by atoms with Gasteiger partial charge in [-0.3, -0.25) is 0 Å². The fourth-order valence-electron chi connectivity index (χ4n) is 2.23.